The number of anilines is 3. The fourth-order valence-electron chi connectivity index (χ4n) is 7.56. The molecule has 0 fully saturated rings. The van der Waals surface area contributed by atoms with Gasteiger partial charge in [0.25, 0.3) is 0 Å². The monoisotopic (exact) mass is 603 g/mol. The van der Waals surface area contributed by atoms with Gasteiger partial charge in [-0.1, -0.05) is 135 Å². The standard InChI is InChI=1S/C45H33NO/c1-45(2)38-28-32(30-14-5-3-6-15-30)24-26-35(38)36-27-25-33(29-39(36)45)46(40-20-11-9-18-34(40)31-16-7-4-8-17-31)41-21-13-23-43-44(41)37-19-10-12-22-42(37)47-43/h3-29H,1-2H3. The summed E-state index contributed by atoms with van der Waals surface area (Å²) in [5, 5.41) is 2.23. The van der Waals surface area contributed by atoms with Gasteiger partial charge in [0.05, 0.1) is 16.8 Å². The van der Waals surface area contributed by atoms with Crippen LogP contribution in [-0.2, 0) is 5.41 Å². The molecule has 0 bridgehead atoms. The highest BCUT2D eigenvalue weighted by molar-refractivity contribution is 6.14. The van der Waals surface area contributed by atoms with E-state index in [2.05, 4.69) is 176 Å². The maximum Gasteiger partial charge on any atom is 0.137 e. The minimum Gasteiger partial charge on any atom is -0.456 e. The van der Waals surface area contributed by atoms with Crippen LogP contribution in [0.3, 0.4) is 0 Å². The lowest BCUT2D eigenvalue weighted by Crippen LogP contribution is -2.17. The first kappa shape index (κ1) is 27.5. The van der Waals surface area contributed by atoms with Crippen LogP contribution in [-0.4, -0.2) is 0 Å². The Hall–Kier alpha value is -5.86. The lowest BCUT2D eigenvalue weighted by atomic mass is 9.81. The van der Waals surface area contributed by atoms with Crippen molar-refractivity contribution in [2.24, 2.45) is 0 Å². The minimum atomic E-state index is -0.176. The molecule has 0 atom stereocenters. The molecule has 9 rings (SSSR count). The van der Waals surface area contributed by atoms with Crippen LogP contribution < -0.4 is 4.90 Å². The Kier molecular flexibility index (Phi) is 6.20. The molecule has 0 amide bonds. The van der Waals surface area contributed by atoms with Gasteiger partial charge in [0.15, 0.2) is 0 Å². The number of hydrogen-bond acceptors (Lipinski definition) is 2. The number of fused-ring (bicyclic) bond motifs is 6. The highest BCUT2D eigenvalue weighted by Gasteiger charge is 2.36. The van der Waals surface area contributed by atoms with Gasteiger partial charge in [-0.05, 0) is 81.4 Å². The van der Waals surface area contributed by atoms with Crippen molar-refractivity contribution in [2.75, 3.05) is 4.90 Å². The topological polar surface area (TPSA) is 16.4 Å². The molecule has 2 nitrogen and oxygen atoms in total. The number of furan rings is 1. The lowest BCUT2D eigenvalue weighted by Gasteiger charge is -2.30. The maximum absolute atomic E-state index is 6.40. The van der Waals surface area contributed by atoms with Crippen molar-refractivity contribution >= 4 is 39.0 Å². The van der Waals surface area contributed by atoms with E-state index < -0.39 is 0 Å². The van der Waals surface area contributed by atoms with Crippen molar-refractivity contribution in [1.29, 1.82) is 0 Å². The Bertz CT molecular complexity index is 2440. The summed E-state index contributed by atoms with van der Waals surface area (Å²) < 4.78 is 6.40. The summed E-state index contributed by atoms with van der Waals surface area (Å²) in [6.07, 6.45) is 0. The van der Waals surface area contributed by atoms with Crippen molar-refractivity contribution in [2.45, 2.75) is 19.3 Å². The van der Waals surface area contributed by atoms with Crippen LogP contribution in [0.15, 0.2) is 168 Å². The first-order chi connectivity index (χ1) is 23.1. The Labute approximate surface area is 275 Å². The molecule has 1 aliphatic carbocycles. The molecule has 0 saturated carbocycles. The van der Waals surface area contributed by atoms with E-state index in [0.29, 0.717) is 0 Å². The van der Waals surface area contributed by atoms with Crippen molar-refractivity contribution in [3.8, 4) is 33.4 Å². The Morgan fingerprint density at radius 3 is 1.87 bits per heavy atom. The second-order valence-corrected chi connectivity index (χ2v) is 12.9. The molecular formula is C45H33NO. The van der Waals surface area contributed by atoms with E-state index in [4.69, 9.17) is 4.42 Å². The third kappa shape index (κ3) is 4.33. The molecule has 0 aliphatic heterocycles. The minimum absolute atomic E-state index is 0.176. The van der Waals surface area contributed by atoms with Crippen molar-refractivity contribution in [3.63, 3.8) is 0 Å². The van der Waals surface area contributed by atoms with E-state index in [-0.39, 0.29) is 5.41 Å². The normalized spacial score (nSPS) is 13.1. The summed E-state index contributed by atoms with van der Waals surface area (Å²) in [6.45, 7) is 4.73. The second kappa shape index (κ2) is 10.6. The molecule has 7 aromatic carbocycles. The van der Waals surface area contributed by atoms with Gasteiger partial charge in [-0.25, -0.2) is 0 Å². The van der Waals surface area contributed by atoms with Crippen molar-refractivity contribution in [1.82, 2.24) is 0 Å². The van der Waals surface area contributed by atoms with Gasteiger partial charge in [0.1, 0.15) is 11.2 Å². The first-order valence-corrected chi connectivity index (χ1v) is 16.3. The van der Waals surface area contributed by atoms with E-state index in [9.17, 15) is 0 Å². The zero-order valence-electron chi connectivity index (χ0n) is 26.4. The van der Waals surface area contributed by atoms with Gasteiger partial charge in [-0.15, -0.1) is 0 Å². The number of rotatable bonds is 5. The number of nitrogens with zero attached hydrogens (tertiary/aromatic N) is 1. The Balaban J connectivity index is 1.28. The predicted molar refractivity (Wildman–Crippen MR) is 197 cm³/mol. The van der Waals surface area contributed by atoms with E-state index in [1.807, 2.05) is 6.07 Å². The fraction of sp³-hybridized carbons (Fsp3) is 0.0667. The number of hydrogen-bond donors (Lipinski definition) is 0. The average molecular weight is 604 g/mol. The maximum atomic E-state index is 6.40. The van der Waals surface area contributed by atoms with E-state index in [0.717, 1.165) is 39.0 Å². The van der Waals surface area contributed by atoms with E-state index in [1.54, 1.807) is 0 Å². The predicted octanol–water partition coefficient (Wildman–Crippen LogP) is 12.7. The van der Waals surface area contributed by atoms with Crippen LogP contribution in [0.5, 0.6) is 0 Å². The van der Waals surface area contributed by atoms with Gasteiger partial charge in [0.2, 0.25) is 0 Å². The molecule has 0 spiro atoms. The van der Waals surface area contributed by atoms with Gasteiger partial charge in [-0.3, -0.25) is 0 Å². The van der Waals surface area contributed by atoms with Gasteiger partial charge < -0.3 is 9.32 Å². The highest BCUT2D eigenvalue weighted by atomic mass is 16.3. The second-order valence-electron chi connectivity index (χ2n) is 12.9. The van der Waals surface area contributed by atoms with Crippen molar-refractivity contribution in [3.05, 3.63) is 175 Å². The molecule has 2 heteroatoms. The van der Waals surface area contributed by atoms with Crippen LogP contribution in [0.4, 0.5) is 17.1 Å². The lowest BCUT2D eigenvalue weighted by molar-refractivity contribution is 0.660. The van der Waals surface area contributed by atoms with Crippen LogP contribution in [0.25, 0.3) is 55.3 Å². The summed E-state index contributed by atoms with van der Waals surface area (Å²) in [7, 11) is 0. The molecule has 1 aromatic heterocycles. The summed E-state index contributed by atoms with van der Waals surface area (Å²) in [5.74, 6) is 0. The van der Waals surface area contributed by atoms with Gasteiger partial charge in [-0.2, -0.15) is 0 Å². The Morgan fingerprint density at radius 1 is 0.447 bits per heavy atom. The van der Waals surface area contributed by atoms with Gasteiger partial charge >= 0.3 is 0 Å². The van der Waals surface area contributed by atoms with E-state index >= 15 is 0 Å². The molecule has 1 heterocycles. The molecule has 0 N–H and O–H groups in total. The zero-order valence-corrected chi connectivity index (χ0v) is 26.4. The summed E-state index contributed by atoms with van der Waals surface area (Å²) in [6, 6.07) is 58.9. The third-order valence-electron chi connectivity index (χ3n) is 9.88. The quantitative estimate of drug-likeness (QED) is 0.195. The third-order valence-corrected chi connectivity index (χ3v) is 9.88. The fourth-order valence-corrected chi connectivity index (χ4v) is 7.56. The summed E-state index contributed by atoms with van der Waals surface area (Å²) >= 11 is 0. The molecule has 0 radical (unpaired) electrons. The zero-order chi connectivity index (χ0) is 31.5. The summed E-state index contributed by atoms with van der Waals surface area (Å²) in [5.41, 5.74) is 15.1. The largest absolute Gasteiger partial charge is 0.456 e. The van der Waals surface area contributed by atoms with E-state index in [1.165, 1.54) is 44.5 Å². The molecule has 47 heavy (non-hydrogen) atoms. The first-order valence-electron chi connectivity index (χ1n) is 16.3. The van der Waals surface area contributed by atoms with Crippen LogP contribution in [0, 0.1) is 0 Å². The number of para-hydroxylation sites is 2. The summed E-state index contributed by atoms with van der Waals surface area (Å²) in [4.78, 5) is 2.43. The van der Waals surface area contributed by atoms with Gasteiger partial charge in [0, 0.05) is 22.1 Å². The van der Waals surface area contributed by atoms with Crippen LogP contribution in [0.2, 0.25) is 0 Å². The molecule has 224 valence electrons. The molecule has 1 aliphatic rings. The Morgan fingerprint density at radius 2 is 1.06 bits per heavy atom. The molecule has 0 saturated heterocycles. The van der Waals surface area contributed by atoms with Crippen LogP contribution >= 0.6 is 0 Å². The SMILES string of the molecule is CC1(C)c2cc(-c3ccccc3)ccc2-c2ccc(N(c3ccccc3-c3ccccc3)c3cccc4oc5ccccc5c34)cc21. The highest BCUT2D eigenvalue weighted by Crippen LogP contribution is 2.53. The number of benzene rings is 7. The molecule has 0 unspecified atom stereocenters. The van der Waals surface area contributed by atoms with Crippen LogP contribution in [0.1, 0.15) is 25.0 Å². The molecule has 8 aromatic rings. The molecular weight excluding hydrogens is 571 g/mol. The average Bonchev–Trinajstić information content (AvgIpc) is 3.62. The van der Waals surface area contributed by atoms with Crippen molar-refractivity contribution < 1.29 is 4.42 Å². The smallest absolute Gasteiger partial charge is 0.137 e.